The van der Waals surface area contributed by atoms with Gasteiger partial charge in [0.15, 0.2) is 0 Å². The molecule has 1 aromatic carbocycles. The van der Waals surface area contributed by atoms with E-state index in [4.69, 9.17) is 5.73 Å². The van der Waals surface area contributed by atoms with Crippen LogP contribution in [0.15, 0.2) is 24.3 Å². The maximum atomic E-state index is 13.5. The quantitative estimate of drug-likeness (QED) is 0.853. The summed E-state index contributed by atoms with van der Waals surface area (Å²) in [6, 6.07) is 6.09. The van der Waals surface area contributed by atoms with E-state index >= 15 is 0 Å². The molecule has 0 atom stereocenters. The Kier molecular flexibility index (Phi) is 5.10. The molecule has 1 rings (SSSR count). The molecule has 1 amide bonds. The fourth-order valence-corrected chi connectivity index (χ4v) is 1.65. The number of nitrogens with zero attached hydrogens (tertiary/aromatic N) is 1. The van der Waals surface area contributed by atoms with Gasteiger partial charge in [-0.3, -0.25) is 4.79 Å². The van der Waals surface area contributed by atoms with Crippen molar-refractivity contribution in [1.82, 2.24) is 4.90 Å². The van der Waals surface area contributed by atoms with E-state index in [9.17, 15) is 9.18 Å². The van der Waals surface area contributed by atoms with Crippen molar-refractivity contribution < 1.29 is 9.18 Å². The standard InChI is InChI=1S/C13H19FN2O/c1-10(2)16(9-5-8-15)13(17)11-6-3-4-7-12(11)14/h3-4,6-7,10H,5,8-9,15H2,1-2H3. The van der Waals surface area contributed by atoms with Crippen LogP contribution in [0.2, 0.25) is 0 Å². The minimum absolute atomic E-state index is 0.0358. The Bertz CT molecular complexity index is 379. The van der Waals surface area contributed by atoms with E-state index in [1.54, 1.807) is 17.0 Å². The summed E-state index contributed by atoms with van der Waals surface area (Å²) in [4.78, 5) is 13.8. The summed E-state index contributed by atoms with van der Waals surface area (Å²) >= 11 is 0. The van der Waals surface area contributed by atoms with Gasteiger partial charge in [-0.15, -0.1) is 0 Å². The number of hydrogen-bond acceptors (Lipinski definition) is 2. The molecule has 0 unspecified atom stereocenters. The van der Waals surface area contributed by atoms with E-state index in [2.05, 4.69) is 0 Å². The van der Waals surface area contributed by atoms with Crippen molar-refractivity contribution in [2.24, 2.45) is 5.73 Å². The van der Waals surface area contributed by atoms with Crippen LogP contribution < -0.4 is 5.73 Å². The highest BCUT2D eigenvalue weighted by Crippen LogP contribution is 2.12. The van der Waals surface area contributed by atoms with Gasteiger partial charge in [-0.05, 0) is 38.9 Å². The van der Waals surface area contributed by atoms with E-state index in [1.807, 2.05) is 13.8 Å². The molecule has 0 aliphatic carbocycles. The third-order valence-corrected chi connectivity index (χ3v) is 2.59. The van der Waals surface area contributed by atoms with Crippen LogP contribution in [0.4, 0.5) is 4.39 Å². The molecule has 3 nitrogen and oxygen atoms in total. The average molecular weight is 238 g/mol. The van der Waals surface area contributed by atoms with Crippen LogP contribution >= 0.6 is 0 Å². The molecule has 4 heteroatoms. The van der Waals surface area contributed by atoms with E-state index in [1.165, 1.54) is 12.1 Å². The second kappa shape index (κ2) is 6.35. The Hall–Kier alpha value is -1.42. The van der Waals surface area contributed by atoms with Crippen LogP contribution in [0.1, 0.15) is 30.6 Å². The number of benzene rings is 1. The first-order valence-electron chi connectivity index (χ1n) is 5.83. The number of amides is 1. The second-order valence-corrected chi connectivity index (χ2v) is 4.21. The van der Waals surface area contributed by atoms with Gasteiger partial charge in [0.05, 0.1) is 5.56 Å². The third kappa shape index (κ3) is 3.53. The zero-order valence-corrected chi connectivity index (χ0v) is 10.3. The normalized spacial score (nSPS) is 10.6. The van der Waals surface area contributed by atoms with Crippen LogP contribution in [0.5, 0.6) is 0 Å². The molecular weight excluding hydrogens is 219 g/mol. The van der Waals surface area contributed by atoms with Crippen molar-refractivity contribution >= 4 is 5.91 Å². The first kappa shape index (κ1) is 13.6. The molecule has 0 heterocycles. The van der Waals surface area contributed by atoms with Crippen LogP contribution in [-0.4, -0.2) is 29.9 Å². The Morgan fingerprint density at radius 3 is 2.59 bits per heavy atom. The molecule has 0 aliphatic rings. The minimum atomic E-state index is -0.476. The molecular formula is C13H19FN2O. The van der Waals surface area contributed by atoms with E-state index in [0.29, 0.717) is 13.1 Å². The van der Waals surface area contributed by atoms with Gasteiger partial charge in [-0.1, -0.05) is 12.1 Å². The van der Waals surface area contributed by atoms with Crippen LogP contribution in [0.3, 0.4) is 0 Å². The average Bonchev–Trinajstić information content (AvgIpc) is 2.29. The van der Waals surface area contributed by atoms with Crippen molar-refractivity contribution in [3.8, 4) is 0 Å². The Morgan fingerprint density at radius 1 is 1.41 bits per heavy atom. The molecule has 0 saturated heterocycles. The van der Waals surface area contributed by atoms with Crippen LogP contribution in [-0.2, 0) is 0 Å². The maximum Gasteiger partial charge on any atom is 0.257 e. The lowest BCUT2D eigenvalue weighted by Gasteiger charge is -2.26. The van der Waals surface area contributed by atoms with Gasteiger partial charge in [0.2, 0.25) is 0 Å². The zero-order chi connectivity index (χ0) is 12.8. The number of carbonyl (C=O) groups excluding carboxylic acids is 1. The number of rotatable bonds is 5. The summed E-state index contributed by atoms with van der Waals surface area (Å²) in [6.45, 7) is 4.90. The van der Waals surface area contributed by atoms with Gasteiger partial charge in [0.25, 0.3) is 5.91 Å². The van der Waals surface area contributed by atoms with Gasteiger partial charge in [0.1, 0.15) is 5.82 Å². The Morgan fingerprint density at radius 2 is 2.06 bits per heavy atom. The molecule has 1 aromatic rings. The van der Waals surface area contributed by atoms with Gasteiger partial charge in [-0.2, -0.15) is 0 Å². The van der Waals surface area contributed by atoms with E-state index in [0.717, 1.165) is 6.42 Å². The molecule has 2 N–H and O–H groups in total. The molecule has 0 saturated carbocycles. The van der Waals surface area contributed by atoms with Crippen molar-refractivity contribution in [1.29, 1.82) is 0 Å². The fourth-order valence-electron chi connectivity index (χ4n) is 1.65. The summed E-state index contributed by atoms with van der Waals surface area (Å²) < 4.78 is 13.5. The first-order valence-corrected chi connectivity index (χ1v) is 5.83. The number of carbonyl (C=O) groups is 1. The van der Waals surface area contributed by atoms with Crippen LogP contribution in [0.25, 0.3) is 0 Å². The summed E-state index contributed by atoms with van der Waals surface area (Å²) in [5, 5.41) is 0. The molecule has 17 heavy (non-hydrogen) atoms. The molecule has 0 aromatic heterocycles. The van der Waals surface area contributed by atoms with Gasteiger partial charge in [0, 0.05) is 12.6 Å². The van der Waals surface area contributed by atoms with Gasteiger partial charge < -0.3 is 10.6 Å². The lowest BCUT2D eigenvalue weighted by molar-refractivity contribution is 0.0700. The smallest absolute Gasteiger partial charge is 0.257 e. The maximum absolute atomic E-state index is 13.5. The monoisotopic (exact) mass is 238 g/mol. The van der Waals surface area contributed by atoms with Gasteiger partial charge >= 0.3 is 0 Å². The predicted octanol–water partition coefficient (Wildman–Crippen LogP) is 2.03. The Balaban J connectivity index is 2.88. The number of halogens is 1. The molecule has 0 spiro atoms. The van der Waals surface area contributed by atoms with Crippen molar-refractivity contribution in [2.75, 3.05) is 13.1 Å². The summed E-state index contributed by atoms with van der Waals surface area (Å²) in [7, 11) is 0. The van der Waals surface area contributed by atoms with E-state index in [-0.39, 0.29) is 17.5 Å². The highest BCUT2D eigenvalue weighted by atomic mass is 19.1. The first-order chi connectivity index (χ1) is 8.07. The topological polar surface area (TPSA) is 46.3 Å². The minimum Gasteiger partial charge on any atom is -0.336 e. The molecule has 0 aliphatic heterocycles. The van der Waals surface area contributed by atoms with Crippen molar-refractivity contribution in [3.63, 3.8) is 0 Å². The SMILES string of the molecule is CC(C)N(CCCN)C(=O)c1ccccc1F. The summed E-state index contributed by atoms with van der Waals surface area (Å²) in [6.07, 6.45) is 0.721. The number of nitrogens with two attached hydrogens (primary N) is 1. The highest BCUT2D eigenvalue weighted by Gasteiger charge is 2.20. The fraction of sp³-hybridized carbons (Fsp3) is 0.462. The summed E-state index contributed by atoms with van der Waals surface area (Å²) in [5.41, 5.74) is 5.56. The van der Waals surface area contributed by atoms with Gasteiger partial charge in [-0.25, -0.2) is 4.39 Å². The molecule has 94 valence electrons. The molecule has 0 bridgehead atoms. The largest absolute Gasteiger partial charge is 0.336 e. The molecule has 0 fully saturated rings. The second-order valence-electron chi connectivity index (χ2n) is 4.21. The van der Waals surface area contributed by atoms with Crippen LogP contribution in [0, 0.1) is 5.82 Å². The zero-order valence-electron chi connectivity index (χ0n) is 10.3. The predicted molar refractivity (Wildman–Crippen MR) is 66.2 cm³/mol. The molecule has 0 radical (unpaired) electrons. The summed E-state index contributed by atoms with van der Waals surface area (Å²) in [5.74, 6) is -0.748. The Labute approximate surface area is 101 Å². The number of hydrogen-bond donors (Lipinski definition) is 1. The lowest BCUT2D eigenvalue weighted by Crippen LogP contribution is -2.38. The lowest BCUT2D eigenvalue weighted by atomic mass is 10.1. The highest BCUT2D eigenvalue weighted by molar-refractivity contribution is 5.94. The third-order valence-electron chi connectivity index (χ3n) is 2.59. The van der Waals surface area contributed by atoms with Crippen molar-refractivity contribution in [2.45, 2.75) is 26.3 Å². The van der Waals surface area contributed by atoms with Crippen molar-refractivity contribution in [3.05, 3.63) is 35.6 Å². The van der Waals surface area contributed by atoms with E-state index < -0.39 is 5.82 Å².